The van der Waals surface area contributed by atoms with Gasteiger partial charge in [-0.15, -0.1) is 0 Å². The predicted octanol–water partition coefficient (Wildman–Crippen LogP) is 1.41. The highest BCUT2D eigenvalue weighted by Gasteiger charge is 2.41. The molecule has 74 valence electrons. The van der Waals surface area contributed by atoms with Crippen molar-refractivity contribution < 1.29 is 14.3 Å². The molecule has 3 nitrogen and oxygen atoms in total. The van der Waals surface area contributed by atoms with E-state index in [1.54, 1.807) is 6.92 Å². The quantitative estimate of drug-likeness (QED) is 0.609. The molecule has 1 rings (SSSR count). The Morgan fingerprint density at radius 3 is 2.38 bits per heavy atom. The lowest BCUT2D eigenvalue weighted by atomic mass is 9.88. The number of ketones is 1. The van der Waals surface area contributed by atoms with Crippen molar-refractivity contribution >= 4 is 11.8 Å². The molecule has 0 aromatic rings. The molecule has 0 aromatic carbocycles. The third kappa shape index (κ3) is 1.90. The van der Waals surface area contributed by atoms with Crippen LogP contribution in [0.2, 0.25) is 0 Å². The molecule has 3 atom stereocenters. The molecule has 13 heavy (non-hydrogen) atoms. The van der Waals surface area contributed by atoms with Gasteiger partial charge in [-0.3, -0.25) is 9.59 Å². The maximum Gasteiger partial charge on any atom is 0.309 e. The Hall–Kier alpha value is -0.860. The Kier molecular flexibility index (Phi) is 3.07. The molecule has 0 N–H and O–H groups in total. The van der Waals surface area contributed by atoms with Crippen molar-refractivity contribution in [2.24, 2.45) is 17.8 Å². The Morgan fingerprint density at radius 2 is 1.92 bits per heavy atom. The van der Waals surface area contributed by atoms with E-state index in [1.165, 1.54) is 7.11 Å². The fourth-order valence-electron chi connectivity index (χ4n) is 2.19. The summed E-state index contributed by atoms with van der Waals surface area (Å²) in [5.41, 5.74) is 0. The van der Waals surface area contributed by atoms with E-state index in [9.17, 15) is 9.59 Å². The molecular weight excluding hydrogens is 168 g/mol. The number of rotatable bonds is 2. The molecule has 0 heterocycles. The maximum atomic E-state index is 11.4. The van der Waals surface area contributed by atoms with Gasteiger partial charge in [0.25, 0.3) is 0 Å². The molecular formula is C10H16O3. The summed E-state index contributed by atoms with van der Waals surface area (Å²) in [6.45, 7) is 3.56. The average molecular weight is 184 g/mol. The van der Waals surface area contributed by atoms with E-state index in [2.05, 4.69) is 0 Å². The fourth-order valence-corrected chi connectivity index (χ4v) is 2.19. The number of hydrogen-bond donors (Lipinski definition) is 0. The predicted molar refractivity (Wildman–Crippen MR) is 48.1 cm³/mol. The Labute approximate surface area is 78.5 Å². The lowest BCUT2D eigenvalue weighted by molar-refractivity contribution is -0.150. The van der Waals surface area contributed by atoms with E-state index >= 15 is 0 Å². The molecule has 1 saturated carbocycles. The Balaban J connectivity index is 2.76. The van der Waals surface area contributed by atoms with Crippen LogP contribution in [0.25, 0.3) is 0 Å². The third-order valence-corrected chi connectivity index (χ3v) is 2.98. The smallest absolute Gasteiger partial charge is 0.309 e. The van der Waals surface area contributed by atoms with Gasteiger partial charge in [-0.25, -0.2) is 0 Å². The molecule has 1 aliphatic carbocycles. The number of methoxy groups -OCH3 is 1. The summed E-state index contributed by atoms with van der Waals surface area (Å²) < 4.78 is 4.69. The van der Waals surface area contributed by atoms with E-state index in [-0.39, 0.29) is 29.5 Å². The second-order valence-corrected chi connectivity index (χ2v) is 3.82. The van der Waals surface area contributed by atoms with Gasteiger partial charge in [0.05, 0.1) is 13.0 Å². The molecule has 3 heteroatoms. The number of hydrogen-bond acceptors (Lipinski definition) is 3. The minimum absolute atomic E-state index is 0.109. The van der Waals surface area contributed by atoms with E-state index < -0.39 is 0 Å². The van der Waals surface area contributed by atoms with Crippen LogP contribution in [0, 0.1) is 17.8 Å². The van der Waals surface area contributed by atoms with Crippen molar-refractivity contribution in [3.8, 4) is 0 Å². The van der Waals surface area contributed by atoms with Gasteiger partial charge in [-0.1, -0.05) is 6.92 Å². The first-order valence-electron chi connectivity index (χ1n) is 4.66. The maximum absolute atomic E-state index is 11.4. The molecule has 0 amide bonds. The zero-order valence-electron chi connectivity index (χ0n) is 8.37. The van der Waals surface area contributed by atoms with E-state index in [4.69, 9.17) is 4.74 Å². The molecule has 1 aliphatic rings. The van der Waals surface area contributed by atoms with Gasteiger partial charge < -0.3 is 4.74 Å². The molecule has 0 spiro atoms. The van der Waals surface area contributed by atoms with Gasteiger partial charge in [0.2, 0.25) is 0 Å². The van der Waals surface area contributed by atoms with Crippen LogP contribution in [0.3, 0.4) is 0 Å². The van der Waals surface area contributed by atoms with Crippen LogP contribution < -0.4 is 0 Å². The van der Waals surface area contributed by atoms with Gasteiger partial charge in [-0.05, 0) is 25.7 Å². The summed E-state index contributed by atoms with van der Waals surface area (Å²) in [6.07, 6.45) is 1.78. The average Bonchev–Trinajstić information content (AvgIpc) is 2.46. The van der Waals surface area contributed by atoms with Gasteiger partial charge >= 0.3 is 5.97 Å². The van der Waals surface area contributed by atoms with Crippen molar-refractivity contribution in [2.45, 2.75) is 26.7 Å². The SMILES string of the molecule is COC(=O)C1C(C)CCC1C(C)=O. The Morgan fingerprint density at radius 1 is 1.31 bits per heavy atom. The van der Waals surface area contributed by atoms with Gasteiger partial charge in [-0.2, -0.15) is 0 Å². The number of ether oxygens (including phenoxy) is 1. The highest BCUT2D eigenvalue weighted by molar-refractivity contribution is 5.85. The molecule has 0 saturated heterocycles. The normalized spacial score (nSPS) is 33.0. The lowest BCUT2D eigenvalue weighted by Gasteiger charge is -2.17. The van der Waals surface area contributed by atoms with Crippen LogP contribution in [-0.2, 0) is 14.3 Å². The largest absolute Gasteiger partial charge is 0.469 e. The van der Waals surface area contributed by atoms with Crippen LogP contribution in [-0.4, -0.2) is 18.9 Å². The number of carbonyl (C=O) groups excluding carboxylic acids is 2. The number of carbonyl (C=O) groups is 2. The summed E-state index contributed by atoms with van der Waals surface area (Å²) in [4.78, 5) is 22.6. The zero-order chi connectivity index (χ0) is 10.0. The summed E-state index contributed by atoms with van der Waals surface area (Å²) in [6, 6.07) is 0. The Bertz CT molecular complexity index is 222. The van der Waals surface area contributed by atoms with Gasteiger partial charge in [0.1, 0.15) is 5.78 Å². The lowest BCUT2D eigenvalue weighted by Crippen LogP contribution is -2.28. The summed E-state index contributed by atoms with van der Waals surface area (Å²) in [7, 11) is 1.38. The first kappa shape index (κ1) is 10.2. The number of esters is 1. The third-order valence-electron chi connectivity index (χ3n) is 2.98. The summed E-state index contributed by atoms with van der Waals surface area (Å²) in [5, 5.41) is 0. The van der Waals surface area contributed by atoms with Crippen LogP contribution >= 0.6 is 0 Å². The zero-order valence-corrected chi connectivity index (χ0v) is 8.37. The standard InChI is InChI=1S/C10H16O3/c1-6-4-5-8(7(2)11)9(6)10(12)13-3/h6,8-9H,4-5H2,1-3H3. The molecule has 0 radical (unpaired) electrons. The van der Waals surface area contributed by atoms with Crippen molar-refractivity contribution in [2.75, 3.05) is 7.11 Å². The summed E-state index contributed by atoms with van der Waals surface area (Å²) >= 11 is 0. The highest BCUT2D eigenvalue weighted by atomic mass is 16.5. The molecule has 3 unspecified atom stereocenters. The van der Waals surface area contributed by atoms with Crippen LogP contribution in [0.15, 0.2) is 0 Å². The molecule has 1 fully saturated rings. The van der Waals surface area contributed by atoms with Crippen LogP contribution in [0.5, 0.6) is 0 Å². The monoisotopic (exact) mass is 184 g/mol. The molecule has 0 aromatic heterocycles. The van der Waals surface area contributed by atoms with Crippen molar-refractivity contribution in [3.05, 3.63) is 0 Å². The molecule has 0 aliphatic heterocycles. The van der Waals surface area contributed by atoms with Crippen LogP contribution in [0.1, 0.15) is 26.7 Å². The second kappa shape index (κ2) is 3.90. The van der Waals surface area contributed by atoms with Crippen molar-refractivity contribution in [3.63, 3.8) is 0 Å². The van der Waals surface area contributed by atoms with E-state index in [1.807, 2.05) is 6.92 Å². The second-order valence-electron chi connectivity index (χ2n) is 3.82. The first-order chi connectivity index (χ1) is 6.07. The highest BCUT2D eigenvalue weighted by Crippen LogP contribution is 2.37. The van der Waals surface area contributed by atoms with Crippen molar-refractivity contribution in [1.82, 2.24) is 0 Å². The van der Waals surface area contributed by atoms with E-state index in [0.29, 0.717) is 0 Å². The minimum Gasteiger partial charge on any atom is -0.469 e. The van der Waals surface area contributed by atoms with Gasteiger partial charge in [0.15, 0.2) is 0 Å². The first-order valence-corrected chi connectivity index (χ1v) is 4.66. The topological polar surface area (TPSA) is 43.4 Å². The minimum atomic E-state index is -0.231. The molecule has 0 bridgehead atoms. The fraction of sp³-hybridized carbons (Fsp3) is 0.800. The van der Waals surface area contributed by atoms with E-state index in [0.717, 1.165) is 12.8 Å². The van der Waals surface area contributed by atoms with Crippen molar-refractivity contribution in [1.29, 1.82) is 0 Å². The van der Waals surface area contributed by atoms with Gasteiger partial charge in [0, 0.05) is 5.92 Å². The number of Topliss-reactive ketones (excluding diaryl/α,β-unsaturated/α-hetero) is 1. The van der Waals surface area contributed by atoms with Crippen LogP contribution in [0.4, 0.5) is 0 Å². The summed E-state index contributed by atoms with van der Waals surface area (Å²) in [5.74, 6) is -0.156.